The highest BCUT2D eigenvalue weighted by Crippen LogP contribution is 2.44. The predicted molar refractivity (Wildman–Crippen MR) is 125 cm³/mol. The number of rotatable bonds is 4. The monoisotopic (exact) mass is 411 g/mol. The van der Waals surface area contributed by atoms with E-state index in [1.165, 1.54) is 17.8 Å². The second kappa shape index (κ2) is 8.66. The molecule has 156 valence electrons. The van der Waals surface area contributed by atoms with Crippen molar-refractivity contribution in [3.63, 3.8) is 0 Å². The van der Waals surface area contributed by atoms with E-state index in [9.17, 15) is 9.90 Å². The van der Waals surface area contributed by atoms with Gasteiger partial charge in [-0.05, 0) is 52.8 Å². The van der Waals surface area contributed by atoms with Crippen LogP contribution in [0, 0.1) is 13.8 Å². The number of anilines is 1. The number of amides is 1. The lowest BCUT2D eigenvalue weighted by Gasteiger charge is -2.29. The molecule has 0 saturated heterocycles. The molecule has 0 bridgehead atoms. The van der Waals surface area contributed by atoms with Gasteiger partial charge in [-0.25, -0.2) is 0 Å². The molecule has 29 heavy (non-hydrogen) atoms. The molecule has 0 atom stereocenters. The van der Waals surface area contributed by atoms with Crippen molar-refractivity contribution in [2.24, 2.45) is 0 Å². The summed E-state index contributed by atoms with van der Waals surface area (Å²) in [5.41, 5.74) is 4.42. The van der Waals surface area contributed by atoms with Crippen LogP contribution in [0.15, 0.2) is 46.7 Å². The van der Waals surface area contributed by atoms with Crippen LogP contribution in [0.5, 0.6) is 5.75 Å². The maximum Gasteiger partial charge on any atom is 0.248 e. The summed E-state index contributed by atoms with van der Waals surface area (Å²) in [6.07, 6.45) is 1.54. The third-order valence-corrected chi connectivity index (χ3v) is 5.71. The summed E-state index contributed by atoms with van der Waals surface area (Å²) >= 11 is 1.45. The average Bonchev–Trinajstić information content (AvgIpc) is 2.56. The number of phenolic OH excluding ortho intramolecular Hbond substituents is 1. The number of phenols is 1. The van der Waals surface area contributed by atoms with E-state index in [2.05, 4.69) is 46.9 Å². The van der Waals surface area contributed by atoms with E-state index in [1.54, 1.807) is 5.41 Å². The number of carbonyl (C=O) groups excluding carboxylic acids is 1. The molecule has 2 aromatic rings. The van der Waals surface area contributed by atoms with Crippen molar-refractivity contribution in [2.45, 2.75) is 71.1 Å². The fourth-order valence-corrected chi connectivity index (χ4v) is 4.35. The van der Waals surface area contributed by atoms with Crippen molar-refractivity contribution in [2.75, 3.05) is 5.32 Å². The molecular weight excluding hydrogens is 378 g/mol. The van der Waals surface area contributed by atoms with Crippen LogP contribution in [-0.4, -0.2) is 11.0 Å². The molecule has 4 heteroatoms. The zero-order valence-corrected chi connectivity index (χ0v) is 19.6. The van der Waals surface area contributed by atoms with Crippen molar-refractivity contribution in [1.82, 2.24) is 0 Å². The molecule has 0 unspecified atom stereocenters. The van der Waals surface area contributed by atoms with Crippen LogP contribution in [0.3, 0.4) is 0 Å². The molecule has 3 nitrogen and oxygen atoms in total. The molecule has 0 radical (unpaired) electrons. The van der Waals surface area contributed by atoms with E-state index in [4.69, 9.17) is 0 Å². The van der Waals surface area contributed by atoms with Gasteiger partial charge in [0.15, 0.2) is 0 Å². The molecule has 0 aliphatic carbocycles. The van der Waals surface area contributed by atoms with E-state index >= 15 is 0 Å². The molecule has 0 aliphatic rings. The van der Waals surface area contributed by atoms with Gasteiger partial charge in [0.05, 0.1) is 0 Å². The fraction of sp³-hybridized carbons (Fsp3) is 0.400. The number of para-hydroxylation sites is 1. The Hall–Kier alpha value is -2.20. The molecule has 2 rings (SSSR count). The summed E-state index contributed by atoms with van der Waals surface area (Å²) in [4.78, 5) is 13.3. The number of carbonyl (C=O) groups is 1. The van der Waals surface area contributed by atoms with Crippen LogP contribution in [-0.2, 0) is 15.6 Å². The maximum absolute atomic E-state index is 12.4. The third kappa shape index (κ3) is 5.66. The van der Waals surface area contributed by atoms with E-state index in [0.717, 1.165) is 32.8 Å². The Morgan fingerprint density at radius 1 is 0.966 bits per heavy atom. The SMILES string of the molecule is Cc1cccc(C)c1NC(=O)/C=C/Sc1ccc(C(C)(C)C)c(O)c1C(C)(C)C. The number of hydrogen-bond donors (Lipinski definition) is 2. The van der Waals surface area contributed by atoms with Gasteiger partial charge < -0.3 is 10.4 Å². The second-order valence-electron chi connectivity index (χ2n) is 9.51. The highest BCUT2D eigenvalue weighted by molar-refractivity contribution is 8.02. The van der Waals surface area contributed by atoms with Crippen molar-refractivity contribution in [3.8, 4) is 5.75 Å². The molecule has 2 N–H and O–H groups in total. The molecule has 0 aromatic heterocycles. The van der Waals surface area contributed by atoms with Gasteiger partial charge in [0.25, 0.3) is 0 Å². The van der Waals surface area contributed by atoms with Gasteiger partial charge in [-0.3, -0.25) is 4.79 Å². The molecule has 0 aliphatic heterocycles. The first-order valence-electron chi connectivity index (χ1n) is 9.89. The van der Waals surface area contributed by atoms with Gasteiger partial charge in [0.2, 0.25) is 5.91 Å². The Morgan fingerprint density at radius 3 is 2.07 bits per heavy atom. The Bertz CT molecular complexity index is 911. The smallest absolute Gasteiger partial charge is 0.248 e. The first kappa shape index (κ1) is 23.1. The highest BCUT2D eigenvalue weighted by Gasteiger charge is 2.28. The normalized spacial score (nSPS) is 12.4. The van der Waals surface area contributed by atoms with Crippen LogP contribution in [0.1, 0.15) is 63.8 Å². The summed E-state index contributed by atoms with van der Waals surface area (Å²) < 4.78 is 0. The largest absolute Gasteiger partial charge is 0.507 e. The minimum absolute atomic E-state index is 0.144. The summed E-state index contributed by atoms with van der Waals surface area (Å²) in [6, 6.07) is 9.97. The summed E-state index contributed by atoms with van der Waals surface area (Å²) in [7, 11) is 0. The van der Waals surface area contributed by atoms with Crippen LogP contribution in [0.2, 0.25) is 0 Å². The van der Waals surface area contributed by atoms with Gasteiger partial charge in [-0.15, -0.1) is 0 Å². The third-order valence-electron chi connectivity index (χ3n) is 4.84. The quantitative estimate of drug-likeness (QED) is 0.427. The van der Waals surface area contributed by atoms with E-state index in [0.29, 0.717) is 5.75 Å². The van der Waals surface area contributed by atoms with Gasteiger partial charge in [-0.2, -0.15) is 0 Å². The van der Waals surface area contributed by atoms with E-state index in [-0.39, 0.29) is 16.7 Å². The molecular formula is C25H33NO2S. The van der Waals surface area contributed by atoms with Crippen LogP contribution in [0.4, 0.5) is 5.69 Å². The first-order valence-corrected chi connectivity index (χ1v) is 10.8. The Kier molecular flexibility index (Phi) is 6.89. The number of thioether (sulfide) groups is 1. The Labute approximate surface area is 179 Å². The van der Waals surface area contributed by atoms with E-state index < -0.39 is 0 Å². The molecule has 1 amide bonds. The lowest BCUT2D eigenvalue weighted by Crippen LogP contribution is -2.18. The maximum atomic E-state index is 12.4. The van der Waals surface area contributed by atoms with Gasteiger partial charge >= 0.3 is 0 Å². The average molecular weight is 412 g/mol. The van der Waals surface area contributed by atoms with Crippen molar-refractivity contribution in [3.05, 3.63) is 64.1 Å². The van der Waals surface area contributed by atoms with Crippen LogP contribution >= 0.6 is 11.8 Å². The van der Waals surface area contributed by atoms with E-state index in [1.807, 2.05) is 44.2 Å². The lowest BCUT2D eigenvalue weighted by atomic mass is 9.79. The van der Waals surface area contributed by atoms with Gasteiger partial charge in [0.1, 0.15) is 5.75 Å². The molecule has 0 heterocycles. The topological polar surface area (TPSA) is 49.3 Å². The number of aromatic hydroxyl groups is 1. The minimum atomic E-state index is -0.220. The zero-order valence-electron chi connectivity index (χ0n) is 18.8. The molecule has 0 fully saturated rings. The first-order chi connectivity index (χ1) is 13.3. The summed E-state index contributed by atoms with van der Waals surface area (Å²) in [6.45, 7) is 16.5. The Morgan fingerprint density at radius 2 is 1.55 bits per heavy atom. The van der Waals surface area contributed by atoms with Crippen molar-refractivity contribution in [1.29, 1.82) is 0 Å². The molecule has 0 saturated carbocycles. The van der Waals surface area contributed by atoms with Crippen LogP contribution in [0.25, 0.3) is 0 Å². The fourth-order valence-electron chi connectivity index (χ4n) is 3.35. The standard InChI is InChI=1S/C25H33NO2S/c1-16-10-9-11-17(2)22(16)26-20(27)14-15-29-19-13-12-18(24(3,4)5)23(28)21(19)25(6,7)8/h9-15,28H,1-8H3,(H,26,27)/b15-14+. The minimum Gasteiger partial charge on any atom is -0.507 e. The highest BCUT2D eigenvalue weighted by atomic mass is 32.2. The number of hydrogen-bond acceptors (Lipinski definition) is 3. The number of aryl methyl sites for hydroxylation is 2. The lowest BCUT2D eigenvalue weighted by molar-refractivity contribution is -0.111. The summed E-state index contributed by atoms with van der Waals surface area (Å²) in [5.74, 6) is 0.186. The van der Waals surface area contributed by atoms with Gasteiger partial charge in [0, 0.05) is 22.2 Å². The molecule has 0 spiro atoms. The Balaban J connectivity index is 2.26. The van der Waals surface area contributed by atoms with Crippen LogP contribution < -0.4 is 5.32 Å². The predicted octanol–water partition coefficient (Wildman–Crippen LogP) is 6.85. The zero-order chi connectivity index (χ0) is 22.0. The molecule has 2 aromatic carbocycles. The summed E-state index contributed by atoms with van der Waals surface area (Å²) in [5, 5.41) is 15.7. The van der Waals surface area contributed by atoms with Gasteiger partial charge in [-0.1, -0.05) is 77.6 Å². The second-order valence-corrected chi connectivity index (χ2v) is 10.5. The number of benzene rings is 2. The number of nitrogens with one attached hydrogen (secondary N) is 1. The van der Waals surface area contributed by atoms with Crippen molar-refractivity contribution < 1.29 is 9.90 Å². The van der Waals surface area contributed by atoms with Crippen molar-refractivity contribution >= 4 is 23.4 Å².